The van der Waals surface area contributed by atoms with Gasteiger partial charge in [0, 0.05) is 11.8 Å². The van der Waals surface area contributed by atoms with Crippen LogP contribution in [-0.2, 0) is 9.59 Å². The number of rotatable bonds is 2. The number of halogens is 1. The SMILES string of the molecule is O=C(Nc1ccc2c(c1)OCCO2)C(=O)Nc1ccccc1F. The van der Waals surface area contributed by atoms with Gasteiger partial charge in [0.25, 0.3) is 0 Å². The third kappa shape index (κ3) is 3.39. The number of carbonyl (C=O) groups is 2. The largest absolute Gasteiger partial charge is 0.486 e. The van der Waals surface area contributed by atoms with E-state index in [4.69, 9.17) is 9.47 Å². The number of benzene rings is 2. The minimum Gasteiger partial charge on any atom is -0.486 e. The monoisotopic (exact) mass is 316 g/mol. The normalized spacial score (nSPS) is 12.4. The molecule has 2 aromatic carbocycles. The van der Waals surface area contributed by atoms with Gasteiger partial charge in [-0.1, -0.05) is 12.1 Å². The van der Waals surface area contributed by atoms with E-state index in [0.29, 0.717) is 30.4 Å². The molecular formula is C16H13FN2O4. The number of carbonyl (C=O) groups excluding carboxylic acids is 2. The van der Waals surface area contributed by atoms with Gasteiger partial charge in [-0.25, -0.2) is 4.39 Å². The second-order valence-corrected chi connectivity index (χ2v) is 4.75. The summed E-state index contributed by atoms with van der Waals surface area (Å²) >= 11 is 0. The Kier molecular flexibility index (Phi) is 4.09. The fraction of sp³-hybridized carbons (Fsp3) is 0.125. The molecule has 2 N–H and O–H groups in total. The molecule has 118 valence electrons. The van der Waals surface area contributed by atoms with Crippen molar-refractivity contribution in [3.05, 3.63) is 48.3 Å². The maximum atomic E-state index is 13.5. The van der Waals surface area contributed by atoms with Crippen LogP contribution in [0.1, 0.15) is 0 Å². The fourth-order valence-corrected chi connectivity index (χ4v) is 2.05. The second-order valence-electron chi connectivity index (χ2n) is 4.75. The summed E-state index contributed by atoms with van der Waals surface area (Å²) < 4.78 is 24.2. The molecule has 0 spiro atoms. The highest BCUT2D eigenvalue weighted by Gasteiger charge is 2.17. The van der Waals surface area contributed by atoms with E-state index in [2.05, 4.69) is 10.6 Å². The maximum absolute atomic E-state index is 13.5. The van der Waals surface area contributed by atoms with E-state index >= 15 is 0 Å². The zero-order valence-electron chi connectivity index (χ0n) is 12.0. The van der Waals surface area contributed by atoms with Crippen LogP contribution in [0.3, 0.4) is 0 Å². The molecule has 6 nitrogen and oxygen atoms in total. The van der Waals surface area contributed by atoms with Crippen molar-refractivity contribution in [2.24, 2.45) is 0 Å². The Morgan fingerprint density at radius 3 is 2.39 bits per heavy atom. The summed E-state index contributed by atoms with van der Waals surface area (Å²) in [6, 6.07) is 10.4. The Hall–Kier alpha value is -3.09. The van der Waals surface area contributed by atoms with E-state index in [9.17, 15) is 14.0 Å². The van der Waals surface area contributed by atoms with Crippen LogP contribution < -0.4 is 20.1 Å². The first kappa shape index (κ1) is 14.8. The van der Waals surface area contributed by atoms with Gasteiger partial charge in [0.15, 0.2) is 11.5 Å². The summed E-state index contributed by atoms with van der Waals surface area (Å²) in [5.41, 5.74) is 0.317. The smallest absolute Gasteiger partial charge is 0.314 e. The lowest BCUT2D eigenvalue weighted by molar-refractivity contribution is -0.133. The van der Waals surface area contributed by atoms with Crippen LogP contribution in [0.5, 0.6) is 11.5 Å². The molecule has 2 aromatic rings. The van der Waals surface area contributed by atoms with Crippen molar-refractivity contribution in [2.45, 2.75) is 0 Å². The first-order valence-corrected chi connectivity index (χ1v) is 6.90. The van der Waals surface area contributed by atoms with Crippen molar-refractivity contribution in [3.63, 3.8) is 0 Å². The van der Waals surface area contributed by atoms with Gasteiger partial charge in [-0.2, -0.15) is 0 Å². The standard InChI is InChI=1S/C16H13FN2O4/c17-11-3-1-2-4-12(11)19-16(21)15(20)18-10-5-6-13-14(9-10)23-8-7-22-13/h1-6,9H,7-8H2,(H,18,20)(H,19,21). The minimum absolute atomic E-state index is 0.0603. The lowest BCUT2D eigenvalue weighted by Crippen LogP contribution is -2.29. The Balaban J connectivity index is 1.67. The van der Waals surface area contributed by atoms with Crippen LogP contribution in [0.15, 0.2) is 42.5 Å². The van der Waals surface area contributed by atoms with Crippen molar-refractivity contribution < 1.29 is 23.5 Å². The summed E-state index contributed by atoms with van der Waals surface area (Å²) in [4.78, 5) is 23.7. The molecule has 23 heavy (non-hydrogen) atoms. The van der Waals surface area contributed by atoms with E-state index in [1.54, 1.807) is 24.3 Å². The van der Waals surface area contributed by atoms with Gasteiger partial charge in [-0.05, 0) is 24.3 Å². The summed E-state index contributed by atoms with van der Waals surface area (Å²) in [5, 5.41) is 4.63. The number of hydrogen-bond donors (Lipinski definition) is 2. The van der Waals surface area contributed by atoms with Crippen LogP contribution in [0, 0.1) is 5.82 Å². The van der Waals surface area contributed by atoms with Crippen molar-refractivity contribution in [1.29, 1.82) is 0 Å². The highest BCUT2D eigenvalue weighted by Crippen LogP contribution is 2.32. The summed E-state index contributed by atoms with van der Waals surface area (Å²) in [7, 11) is 0. The third-order valence-electron chi connectivity index (χ3n) is 3.13. The lowest BCUT2D eigenvalue weighted by Gasteiger charge is -2.18. The predicted octanol–water partition coefficient (Wildman–Crippen LogP) is 2.17. The molecule has 0 aliphatic carbocycles. The highest BCUT2D eigenvalue weighted by atomic mass is 19.1. The van der Waals surface area contributed by atoms with E-state index in [-0.39, 0.29) is 5.69 Å². The Bertz CT molecular complexity index is 763. The molecule has 7 heteroatoms. The number of para-hydroxylation sites is 1. The van der Waals surface area contributed by atoms with Crippen molar-refractivity contribution in [2.75, 3.05) is 23.8 Å². The molecule has 1 aliphatic heterocycles. The summed E-state index contributed by atoms with van der Waals surface area (Å²) in [6.45, 7) is 0.877. The predicted molar refractivity (Wildman–Crippen MR) is 81.1 cm³/mol. The Labute approximate surface area is 131 Å². The number of amides is 2. The highest BCUT2D eigenvalue weighted by molar-refractivity contribution is 6.43. The number of hydrogen-bond acceptors (Lipinski definition) is 4. The topological polar surface area (TPSA) is 76.7 Å². The van der Waals surface area contributed by atoms with Gasteiger partial charge in [0.05, 0.1) is 5.69 Å². The number of ether oxygens (including phenoxy) is 2. The number of anilines is 2. The zero-order valence-corrected chi connectivity index (χ0v) is 12.0. The van der Waals surface area contributed by atoms with Crippen LogP contribution in [0.4, 0.5) is 15.8 Å². The molecular weight excluding hydrogens is 303 g/mol. The molecule has 0 atom stereocenters. The van der Waals surface area contributed by atoms with E-state index in [1.807, 2.05) is 0 Å². The first-order valence-electron chi connectivity index (χ1n) is 6.90. The summed E-state index contributed by atoms with van der Waals surface area (Å²) in [6.07, 6.45) is 0. The maximum Gasteiger partial charge on any atom is 0.314 e. The molecule has 0 bridgehead atoms. The molecule has 0 saturated heterocycles. The van der Waals surface area contributed by atoms with Crippen LogP contribution in [-0.4, -0.2) is 25.0 Å². The van der Waals surface area contributed by atoms with Crippen LogP contribution >= 0.6 is 0 Å². The van der Waals surface area contributed by atoms with E-state index < -0.39 is 17.6 Å². The molecule has 3 rings (SSSR count). The molecule has 1 aliphatic rings. The first-order chi connectivity index (χ1) is 11.1. The molecule has 2 amide bonds. The Morgan fingerprint density at radius 2 is 1.61 bits per heavy atom. The van der Waals surface area contributed by atoms with Gasteiger partial charge in [0.1, 0.15) is 19.0 Å². The second kappa shape index (κ2) is 6.35. The Morgan fingerprint density at radius 1 is 0.913 bits per heavy atom. The molecule has 0 unspecified atom stereocenters. The van der Waals surface area contributed by atoms with Crippen LogP contribution in [0.2, 0.25) is 0 Å². The van der Waals surface area contributed by atoms with Gasteiger partial charge in [-0.15, -0.1) is 0 Å². The van der Waals surface area contributed by atoms with E-state index in [0.717, 1.165) is 0 Å². The fourth-order valence-electron chi connectivity index (χ4n) is 2.05. The van der Waals surface area contributed by atoms with Crippen molar-refractivity contribution in [1.82, 2.24) is 0 Å². The zero-order chi connectivity index (χ0) is 16.2. The van der Waals surface area contributed by atoms with Crippen molar-refractivity contribution in [3.8, 4) is 11.5 Å². The third-order valence-corrected chi connectivity index (χ3v) is 3.13. The van der Waals surface area contributed by atoms with Crippen molar-refractivity contribution >= 4 is 23.2 Å². The molecule has 1 heterocycles. The average molecular weight is 316 g/mol. The summed E-state index contributed by atoms with van der Waals surface area (Å²) in [5.74, 6) is -1.43. The quantitative estimate of drug-likeness (QED) is 0.833. The molecule has 0 fully saturated rings. The molecule has 0 radical (unpaired) electrons. The number of nitrogens with one attached hydrogen (secondary N) is 2. The minimum atomic E-state index is -0.968. The van der Waals surface area contributed by atoms with Gasteiger partial charge in [-0.3, -0.25) is 9.59 Å². The molecule has 0 saturated carbocycles. The average Bonchev–Trinajstić information content (AvgIpc) is 2.56. The lowest BCUT2D eigenvalue weighted by atomic mass is 10.2. The van der Waals surface area contributed by atoms with Gasteiger partial charge >= 0.3 is 11.8 Å². The van der Waals surface area contributed by atoms with E-state index in [1.165, 1.54) is 18.2 Å². The van der Waals surface area contributed by atoms with Gasteiger partial charge in [0.2, 0.25) is 0 Å². The van der Waals surface area contributed by atoms with Gasteiger partial charge < -0.3 is 20.1 Å². The van der Waals surface area contributed by atoms with Crippen LogP contribution in [0.25, 0.3) is 0 Å². The number of fused-ring (bicyclic) bond motifs is 1. The molecule has 0 aromatic heterocycles.